The summed E-state index contributed by atoms with van der Waals surface area (Å²) in [5, 5.41) is 9.84. The Morgan fingerprint density at radius 2 is 2.08 bits per heavy atom. The van der Waals surface area contributed by atoms with Gasteiger partial charge in [0.05, 0.1) is 6.10 Å². The van der Waals surface area contributed by atoms with Crippen LogP contribution < -0.4 is 0 Å². The Bertz CT molecular complexity index is 223. The second-order valence-corrected chi connectivity index (χ2v) is 4.91. The van der Waals surface area contributed by atoms with E-state index in [1.165, 1.54) is 25.8 Å². The highest BCUT2D eigenvalue weighted by Gasteiger charge is 2.60. The van der Waals surface area contributed by atoms with Crippen LogP contribution in [0, 0.1) is 11.8 Å². The van der Waals surface area contributed by atoms with E-state index >= 15 is 0 Å². The molecule has 0 spiro atoms. The van der Waals surface area contributed by atoms with Crippen molar-refractivity contribution >= 4 is 8.41 Å². The van der Waals surface area contributed by atoms with E-state index in [1.807, 2.05) is 0 Å². The molecule has 4 atom stereocenters. The molecule has 3 aliphatic rings. The van der Waals surface area contributed by atoms with Gasteiger partial charge in [-0.1, -0.05) is 0 Å². The van der Waals surface area contributed by atoms with E-state index in [2.05, 4.69) is 11.8 Å². The summed E-state index contributed by atoms with van der Waals surface area (Å²) >= 11 is 0. The molecule has 2 heterocycles. The third kappa shape index (κ3) is 0.923. The van der Waals surface area contributed by atoms with E-state index in [4.69, 9.17) is 0 Å². The Hall–Kier alpha value is -0.0151. The van der Waals surface area contributed by atoms with Crippen molar-refractivity contribution in [3.63, 3.8) is 0 Å². The molecule has 0 amide bonds. The van der Waals surface area contributed by atoms with Crippen molar-refractivity contribution < 1.29 is 5.11 Å². The topological polar surface area (TPSA) is 23.5 Å². The maximum atomic E-state index is 9.84. The van der Waals surface area contributed by atoms with Crippen molar-refractivity contribution in [1.29, 1.82) is 0 Å². The SMILES string of the molecule is C[C@@]12[C@H]3CC[C@@H]1[C@H](O)CN2CC3.[B]. The van der Waals surface area contributed by atoms with Gasteiger partial charge >= 0.3 is 0 Å². The number of nitrogens with zero attached hydrogens (tertiary/aromatic N) is 1. The highest BCUT2D eigenvalue weighted by molar-refractivity contribution is 5.75. The Kier molecular flexibility index (Phi) is 2.01. The maximum Gasteiger partial charge on any atom is 0.0713 e. The number of hydrogen-bond donors (Lipinski definition) is 1. The maximum absolute atomic E-state index is 9.84. The van der Waals surface area contributed by atoms with Crippen LogP contribution in [0.15, 0.2) is 0 Å². The molecule has 0 aromatic carbocycles. The molecule has 1 aliphatic carbocycles. The lowest BCUT2D eigenvalue weighted by Crippen LogP contribution is -2.41. The average Bonchev–Trinajstić information content (AvgIpc) is 2.56. The van der Waals surface area contributed by atoms with Crippen LogP contribution in [0.3, 0.4) is 0 Å². The monoisotopic (exact) mass is 178 g/mol. The smallest absolute Gasteiger partial charge is 0.0713 e. The summed E-state index contributed by atoms with van der Waals surface area (Å²) in [4.78, 5) is 2.53. The van der Waals surface area contributed by atoms with Crippen molar-refractivity contribution in [2.24, 2.45) is 11.8 Å². The van der Waals surface area contributed by atoms with Gasteiger partial charge in [0.25, 0.3) is 0 Å². The van der Waals surface area contributed by atoms with E-state index in [-0.39, 0.29) is 14.5 Å². The van der Waals surface area contributed by atoms with Gasteiger partial charge in [-0.15, -0.1) is 0 Å². The number of β-amino-alcohol motifs (C(OH)–C–C–N with tert-alkyl or cyclic N) is 1. The van der Waals surface area contributed by atoms with Gasteiger partial charge in [-0.2, -0.15) is 0 Å². The summed E-state index contributed by atoms with van der Waals surface area (Å²) in [5.41, 5.74) is 0.388. The van der Waals surface area contributed by atoms with Gasteiger partial charge in [-0.05, 0) is 38.6 Å². The molecule has 3 rings (SSSR count). The highest BCUT2D eigenvalue weighted by Crippen LogP contribution is 2.55. The summed E-state index contributed by atoms with van der Waals surface area (Å²) in [5.74, 6) is 1.48. The van der Waals surface area contributed by atoms with Gasteiger partial charge in [0, 0.05) is 26.4 Å². The molecule has 3 radical (unpaired) electrons. The minimum atomic E-state index is -0.0275. The summed E-state index contributed by atoms with van der Waals surface area (Å²) in [6, 6.07) is 0. The van der Waals surface area contributed by atoms with Gasteiger partial charge in [0.15, 0.2) is 0 Å². The molecule has 0 unspecified atom stereocenters. The molecule has 71 valence electrons. The van der Waals surface area contributed by atoms with Gasteiger partial charge in [0.2, 0.25) is 0 Å². The van der Waals surface area contributed by atoms with Crippen molar-refractivity contribution in [2.75, 3.05) is 13.1 Å². The molecular formula is C10H17BNO. The Labute approximate surface area is 81.9 Å². The minimum absolute atomic E-state index is 0. The molecule has 3 fully saturated rings. The van der Waals surface area contributed by atoms with Crippen molar-refractivity contribution in [3.8, 4) is 0 Å². The summed E-state index contributed by atoms with van der Waals surface area (Å²) in [6.07, 6.45) is 3.97. The van der Waals surface area contributed by atoms with Crippen LogP contribution in [-0.2, 0) is 0 Å². The van der Waals surface area contributed by atoms with Gasteiger partial charge in [-0.3, -0.25) is 4.90 Å². The number of aliphatic hydroxyl groups is 1. The molecule has 3 heteroatoms. The molecule has 0 aromatic heterocycles. The second-order valence-electron chi connectivity index (χ2n) is 4.91. The van der Waals surface area contributed by atoms with Crippen LogP contribution in [0.4, 0.5) is 0 Å². The third-order valence-electron chi connectivity index (χ3n) is 4.70. The first-order valence-corrected chi connectivity index (χ1v) is 5.16. The molecule has 2 nitrogen and oxygen atoms in total. The second kappa shape index (κ2) is 2.74. The summed E-state index contributed by atoms with van der Waals surface area (Å²) < 4.78 is 0. The molecule has 0 bridgehead atoms. The lowest BCUT2D eigenvalue weighted by molar-refractivity contribution is 0.124. The van der Waals surface area contributed by atoms with E-state index in [0.29, 0.717) is 11.5 Å². The quantitative estimate of drug-likeness (QED) is 0.545. The third-order valence-corrected chi connectivity index (χ3v) is 4.70. The van der Waals surface area contributed by atoms with Gasteiger partial charge < -0.3 is 5.11 Å². The first kappa shape index (κ1) is 9.54. The lowest BCUT2D eigenvalue weighted by Gasteiger charge is -2.31. The van der Waals surface area contributed by atoms with Crippen LogP contribution in [0.25, 0.3) is 0 Å². The van der Waals surface area contributed by atoms with Gasteiger partial charge in [-0.25, -0.2) is 0 Å². The molecule has 1 saturated carbocycles. The summed E-state index contributed by atoms with van der Waals surface area (Å²) in [6.45, 7) is 4.55. The molecule has 2 aliphatic heterocycles. The number of rotatable bonds is 0. The molecule has 13 heavy (non-hydrogen) atoms. The highest BCUT2D eigenvalue weighted by atomic mass is 16.3. The normalized spacial score (nSPS) is 53.5. The zero-order valence-electron chi connectivity index (χ0n) is 8.24. The fourth-order valence-electron chi connectivity index (χ4n) is 3.97. The Morgan fingerprint density at radius 1 is 1.31 bits per heavy atom. The van der Waals surface area contributed by atoms with E-state index < -0.39 is 0 Å². The van der Waals surface area contributed by atoms with Crippen LogP contribution in [0.1, 0.15) is 26.2 Å². The van der Waals surface area contributed by atoms with Crippen molar-refractivity contribution in [3.05, 3.63) is 0 Å². The molecule has 1 N–H and O–H groups in total. The average molecular weight is 178 g/mol. The molecular weight excluding hydrogens is 161 g/mol. The van der Waals surface area contributed by atoms with Crippen LogP contribution in [0.5, 0.6) is 0 Å². The first-order valence-electron chi connectivity index (χ1n) is 5.16. The number of hydrogen-bond acceptors (Lipinski definition) is 2. The van der Waals surface area contributed by atoms with Crippen LogP contribution >= 0.6 is 0 Å². The zero-order chi connectivity index (χ0) is 8.34. The van der Waals surface area contributed by atoms with Crippen molar-refractivity contribution in [2.45, 2.75) is 37.8 Å². The van der Waals surface area contributed by atoms with E-state index in [1.54, 1.807) is 0 Å². The van der Waals surface area contributed by atoms with E-state index in [0.717, 1.165) is 12.5 Å². The van der Waals surface area contributed by atoms with Crippen molar-refractivity contribution in [1.82, 2.24) is 4.90 Å². The predicted octanol–water partition coefficient (Wildman–Crippen LogP) is 0.471. The predicted molar refractivity (Wildman–Crippen MR) is 52.6 cm³/mol. The largest absolute Gasteiger partial charge is 0.391 e. The lowest BCUT2D eigenvalue weighted by atomic mass is 9.84. The Balaban J connectivity index is 0.000000653. The fourth-order valence-corrected chi connectivity index (χ4v) is 3.97. The first-order chi connectivity index (χ1) is 5.73. The molecule has 2 saturated heterocycles. The van der Waals surface area contributed by atoms with Gasteiger partial charge in [0.1, 0.15) is 0 Å². The summed E-state index contributed by atoms with van der Waals surface area (Å²) in [7, 11) is 0. The standard InChI is InChI=1S/C10H17NO.B/c1-10-7-2-3-8(10)9(12)6-11(10)5-4-7;/h7-9,12H,2-6H2,1H3;/t7-,8+,9+,10+;/m0./s1. The fraction of sp³-hybridized carbons (Fsp3) is 1.00. The number of aliphatic hydroxyl groups excluding tert-OH is 1. The Morgan fingerprint density at radius 3 is 2.85 bits per heavy atom. The minimum Gasteiger partial charge on any atom is -0.391 e. The van der Waals surface area contributed by atoms with Crippen LogP contribution in [0.2, 0.25) is 0 Å². The van der Waals surface area contributed by atoms with E-state index in [9.17, 15) is 5.11 Å². The van der Waals surface area contributed by atoms with Crippen LogP contribution in [-0.4, -0.2) is 43.2 Å². The zero-order valence-corrected chi connectivity index (χ0v) is 8.24. The molecule has 0 aromatic rings.